The molecular weight excluding hydrogens is 380 g/mol. The second-order valence-corrected chi connectivity index (χ2v) is 9.72. The maximum absolute atomic E-state index is 12.0. The van der Waals surface area contributed by atoms with E-state index in [4.69, 9.17) is 9.47 Å². The molecule has 3 rings (SSSR count). The fourth-order valence-electron chi connectivity index (χ4n) is 5.72. The molecule has 1 unspecified atom stereocenters. The molecule has 6 atom stereocenters. The molecule has 1 aliphatic heterocycles. The molecule has 1 fully saturated rings. The van der Waals surface area contributed by atoms with Crippen molar-refractivity contribution in [2.45, 2.75) is 78.9 Å². The van der Waals surface area contributed by atoms with Crippen molar-refractivity contribution in [2.75, 3.05) is 6.61 Å². The van der Waals surface area contributed by atoms with Crippen molar-refractivity contribution in [3.8, 4) is 0 Å². The molecule has 0 aromatic rings. The minimum atomic E-state index is -0.342. The van der Waals surface area contributed by atoms with Crippen LogP contribution in [0.4, 0.5) is 0 Å². The van der Waals surface area contributed by atoms with Crippen LogP contribution >= 0.6 is 0 Å². The van der Waals surface area contributed by atoms with Gasteiger partial charge in [0.05, 0.1) is 25.1 Å². The molecule has 1 heterocycles. The number of ether oxygens (including phenoxy) is 2. The van der Waals surface area contributed by atoms with E-state index in [0.717, 1.165) is 25.7 Å². The first-order valence-electron chi connectivity index (χ1n) is 11.2. The van der Waals surface area contributed by atoms with Crippen LogP contribution < -0.4 is 0 Å². The first-order chi connectivity index (χ1) is 14.2. The second-order valence-electron chi connectivity index (χ2n) is 9.72. The summed E-state index contributed by atoms with van der Waals surface area (Å²) >= 11 is 0. The van der Waals surface area contributed by atoms with E-state index in [-0.39, 0.29) is 35.3 Å². The zero-order valence-corrected chi connectivity index (χ0v) is 18.9. The van der Waals surface area contributed by atoms with Crippen LogP contribution in [0, 0.1) is 23.2 Å². The highest BCUT2D eigenvalue weighted by Gasteiger charge is 2.52. The number of ketones is 1. The Morgan fingerprint density at radius 1 is 1.37 bits per heavy atom. The number of hydrogen-bond donors (Lipinski definition) is 1. The summed E-state index contributed by atoms with van der Waals surface area (Å²) in [5.41, 5.74) is 3.13. The third-order valence-electron chi connectivity index (χ3n) is 7.35. The molecule has 3 aliphatic rings. The Kier molecular flexibility index (Phi) is 7.03. The lowest BCUT2D eigenvalue weighted by Crippen LogP contribution is -2.44. The van der Waals surface area contributed by atoms with Gasteiger partial charge in [-0.2, -0.15) is 0 Å². The Hall–Kier alpha value is -1.72. The van der Waals surface area contributed by atoms with Gasteiger partial charge >= 0.3 is 5.97 Å². The summed E-state index contributed by atoms with van der Waals surface area (Å²) in [5, 5.41) is 10.0. The zero-order chi connectivity index (χ0) is 22.1. The Bertz CT molecular complexity index is 774. The van der Waals surface area contributed by atoms with Crippen LogP contribution in [0.25, 0.3) is 0 Å². The monoisotopic (exact) mass is 416 g/mol. The number of allylic oxidation sites excluding steroid dienone is 2. The van der Waals surface area contributed by atoms with Crippen molar-refractivity contribution in [3.05, 3.63) is 35.1 Å². The van der Waals surface area contributed by atoms with Gasteiger partial charge in [-0.25, -0.2) is 4.79 Å². The molecule has 0 radical (unpaired) electrons. The molecule has 0 spiro atoms. The standard InChI is InChI=1S/C25H36O5/c1-6-15(2)24(28)29-10-8-21-23-20(14-30-22(23)12-17(4)27)19-13-25(21,5)9-7-18(19)11-16(3)26/h6,8,10,16,18-19,21-22,26H,7,9,11-14H2,1-5H3/b10-8+,15-6+/t16?,18-,19+,21+,22+,25+/m1/s1. The lowest BCUT2D eigenvalue weighted by atomic mass is 9.52. The van der Waals surface area contributed by atoms with E-state index in [1.54, 1.807) is 19.9 Å². The average Bonchev–Trinajstić information content (AvgIpc) is 3.07. The number of carbonyl (C=O) groups excluding carboxylic acids is 2. The minimum absolute atomic E-state index is 0.0278. The Labute approximate surface area is 180 Å². The van der Waals surface area contributed by atoms with Crippen LogP contribution in [-0.2, 0) is 19.1 Å². The largest absolute Gasteiger partial charge is 0.431 e. The minimum Gasteiger partial charge on any atom is -0.431 e. The number of esters is 1. The van der Waals surface area contributed by atoms with E-state index >= 15 is 0 Å². The fourth-order valence-corrected chi connectivity index (χ4v) is 5.72. The molecule has 2 bridgehead atoms. The topological polar surface area (TPSA) is 72.8 Å². The molecule has 166 valence electrons. The normalized spacial score (nSPS) is 34.8. The Morgan fingerprint density at radius 3 is 2.73 bits per heavy atom. The van der Waals surface area contributed by atoms with E-state index in [1.165, 1.54) is 17.4 Å². The van der Waals surface area contributed by atoms with Crippen LogP contribution in [0.2, 0.25) is 0 Å². The van der Waals surface area contributed by atoms with Gasteiger partial charge in [-0.05, 0) is 87.9 Å². The first-order valence-corrected chi connectivity index (χ1v) is 11.2. The van der Waals surface area contributed by atoms with Crippen LogP contribution in [0.1, 0.15) is 66.7 Å². The third kappa shape index (κ3) is 4.62. The van der Waals surface area contributed by atoms with Crippen LogP contribution in [0.3, 0.4) is 0 Å². The average molecular weight is 417 g/mol. The number of aliphatic hydroxyl groups excluding tert-OH is 1. The van der Waals surface area contributed by atoms with E-state index in [1.807, 2.05) is 19.9 Å². The highest BCUT2D eigenvalue weighted by molar-refractivity contribution is 5.88. The molecule has 1 saturated carbocycles. The molecule has 0 amide bonds. The summed E-state index contributed by atoms with van der Waals surface area (Å²) in [7, 11) is 0. The highest BCUT2D eigenvalue weighted by atomic mass is 16.5. The number of fused-ring (bicyclic) bond motifs is 3. The molecule has 30 heavy (non-hydrogen) atoms. The first kappa shape index (κ1) is 23.0. The van der Waals surface area contributed by atoms with Crippen LogP contribution in [0.15, 0.2) is 35.1 Å². The van der Waals surface area contributed by atoms with E-state index in [9.17, 15) is 14.7 Å². The van der Waals surface area contributed by atoms with E-state index in [0.29, 0.717) is 30.4 Å². The molecule has 1 N–H and O–H groups in total. The van der Waals surface area contributed by atoms with Gasteiger partial charge < -0.3 is 14.6 Å². The van der Waals surface area contributed by atoms with Gasteiger partial charge in [-0.3, -0.25) is 4.79 Å². The number of hydrogen-bond acceptors (Lipinski definition) is 5. The van der Waals surface area contributed by atoms with Gasteiger partial charge in [0, 0.05) is 17.9 Å². The van der Waals surface area contributed by atoms with Crippen molar-refractivity contribution in [1.29, 1.82) is 0 Å². The molecule has 0 saturated heterocycles. The number of Topliss-reactive ketones (excluding diaryl/α,β-unsaturated/α-hetero) is 1. The number of rotatable bonds is 7. The van der Waals surface area contributed by atoms with Crippen molar-refractivity contribution >= 4 is 11.8 Å². The van der Waals surface area contributed by atoms with Crippen molar-refractivity contribution in [3.63, 3.8) is 0 Å². The summed E-state index contributed by atoms with van der Waals surface area (Å²) in [6.45, 7) is 9.89. The van der Waals surface area contributed by atoms with E-state index < -0.39 is 0 Å². The van der Waals surface area contributed by atoms with Gasteiger partial charge in [0.2, 0.25) is 0 Å². The zero-order valence-electron chi connectivity index (χ0n) is 18.9. The van der Waals surface area contributed by atoms with Gasteiger partial charge in [0.25, 0.3) is 0 Å². The lowest BCUT2D eigenvalue weighted by Gasteiger charge is -2.52. The van der Waals surface area contributed by atoms with Crippen molar-refractivity contribution in [1.82, 2.24) is 0 Å². The summed E-state index contributed by atoms with van der Waals surface area (Å²) in [6.07, 6.45) is 9.09. The molecular formula is C25H36O5. The van der Waals surface area contributed by atoms with Crippen LogP contribution in [-0.4, -0.2) is 35.7 Å². The van der Waals surface area contributed by atoms with Gasteiger partial charge in [0.15, 0.2) is 0 Å². The SMILES string of the molecule is C/C=C(\C)C(=O)O/C=C/[C@H]1C2=C(CO[C@H]2CC(C)=O)[C@H]2C[C@]1(C)CC[C@@H]2CC(C)O. The van der Waals surface area contributed by atoms with Crippen LogP contribution in [0.5, 0.6) is 0 Å². The molecule has 0 aromatic heterocycles. The predicted molar refractivity (Wildman–Crippen MR) is 115 cm³/mol. The molecule has 2 aliphatic carbocycles. The predicted octanol–water partition coefficient (Wildman–Crippen LogP) is 4.51. The maximum Gasteiger partial charge on any atom is 0.338 e. The maximum atomic E-state index is 12.0. The number of carbonyl (C=O) groups is 2. The molecule has 0 aromatic carbocycles. The van der Waals surface area contributed by atoms with Gasteiger partial charge in [0.1, 0.15) is 5.78 Å². The van der Waals surface area contributed by atoms with E-state index in [2.05, 4.69) is 6.92 Å². The summed E-state index contributed by atoms with van der Waals surface area (Å²) in [4.78, 5) is 23.9. The van der Waals surface area contributed by atoms with Gasteiger partial charge in [-0.15, -0.1) is 0 Å². The summed E-state index contributed by atoms with van der Waals surface area (Å²) < 4.78 is 11.5. The summed E-state index contributed by atoms with van der Waals surface area (Å²) in [6, 6.07) is 0. The van der Waals surface area contributed by atoms with Crippen molar-refractivity contribution in [2.24, 2.45) is 23.2 Å². The molecule has 5 heteroatoms. The fraction of sp³-hybridized carbons (Fsp3) is 0.680. The smallest absolute Gasteiger partial charge is 0.338 e. The lowest BCUT2D eigenvalue weighted by molar-refractivity contribution is -0.133. The molecule has 5 nitrogen and oxygen atoms in total. The third-order valence-corrected chi connectivity index (χ3v) is 7.35. The second kappa shape index (κ2) is 9.19. The Morgan fingerprint density at radius 2 is 2.10 bits per heavy atom. The number of aliphatic hydroxyl groups is 1. The van der Waals surface area contributed by atoms with Gasteiger partial charge in [-0.1, -0.05) is 13.0 Å². The summed E-state index contributed by atoms with van der Waals surface area (Å²) in [5.74, 6) is 0.700. The quantitative estimate of drug-likeness (QED) is 0.286. The Balaban J connectivity index is 1.94. The van der Waals surface area contributed by atoms with Crippen molar-refractivity contribution < 1.29 is 24.2 Å². The highest BCUT2D eigenvalue weighted by Crippen LogP contribution is 2.59.